The molecule has 1 aliphatic rings. The number of hydrogen-bond donors (Lipinski definition) is 0. The van der Waals surface area contributed by atoms with Crippen molar-refractivity contribution < 1.29 is 14.3 Å². The Labute approximate surface area is 176 Å². The third-order valence-electron chi connectivity index (χ3n) is 4.16. The first-order valence-corrected chi connectivity index (χ1v) is 10.5. The summed E-state index contributed by atoms with van der Waals surface area (Å²) in [6.07, 6.45) is 2.80. The molecule has 0 bridgehead atoms. The van der Waals surface area contributed by atoms with Crippen molar-refractivity contribution in [2.45, 2.75) is 33.3 Å². The van der Waals surface area contributed by atoms with Gasteiger partial charge in [0.2, 0.25) is 0 Å². The second kappa shape index (κ2) is 9.65. The SMILES string of the molecule is CCCN1C(=O)/C(=C\c2ccc(OC(C)C)c(OC)c2)SC1=Nc1ccccc1. The number of benzene rings is 2. The van der Waals surface area contributed by atoms with Crippen LogP contribution in [0.3, 0.4) is 0 Å². The van der Waals surface area contributed by atoms with Crippen molar-refractivity contribution >= 4 is 34.6 Å². The van der Waals surface area contributed by atoms with Gasteiger partial charge >= 0.3 is 0 Å². The summed E-state index contributed by atoms with van der Waals surface area (Å²) in [4.78, 5) is 20.0. The third kappa shape index (κ3) is 5.21. The molecule has 0 radical (unpaired) electrons. The minimum atomic E-state index is -0.0204. The van der Waals surface area contributed by atoms with Gasteiger partial charge in [-0.15, -0.1) is 0 Å². The lowest BCUT2D eigenvalue weighted by atomic mass is 10.2. The van der Waals surface area contributed by atoms with Crippen LogP contribution in [0.15, 0.2) is 58.4 Å². The lowest BCUT2D eigenvalue weighted by Gasteiger charge is -2.14. The molecule has 0 saturated carbocycles. The summed E-state index contributed by atoms with van der Waals surface area (Å²) in [5, 5.41) is 0.709. The summed E-state index contributed by atoms with van der Waals surface area (Å²) in [6.45, 7) is 6.63. The lowest BCUT2D eigenvalue weighted by Crippen LogP contribution is -2.29. The van der Waals surface area contributed by atoms with Crippen LogP contribution in [0.5, 0.6) is 11.5 Å². The number of amides is 1. The number of rotatable bonds is 7. The standard InChI is InChI=1S/C23H26N2O3S/c1-5-13-25-22(26)21(29-23(25)24-18-9-7-6-8-10-18)15-17-11-12-19(28-16(2)3)20(14-17)27-4/h6-12,14-16H,5,13H2,1-4H3/b21-15+,24-23?. The van der Waals surface area contributed by atoms with E-state index >= 15 is 0 Å². The Morgan fingerprint density at radius 3 is 2.55 bits per heavy atom. The van der Waals surface area contributed by atoms with Crippen LogP contribution in [0, 0.1) is 0 Å². The third-order valence-corrected chi connectivity index (χ3v) is 5.17. The topological polar surface area (TPSA) is 51.1 Å². The van der Waals surface area contributed by atoms with Crippen molar-refractivity contribution in [3.63, 3.8) is 0 Å². The molecule has 1 saturated heterocycles. The molecule has 2 aromatic carbocycles. The van der Waals surface area contributed by atoms with Crippen molar-refractivity contribution in [2.24, 2.45) is 4.99 Å². The van der Waals surface area contributed by atoms with Gasteiger partial charge in [0, 0.05) is 6.54 Å². The van der Waals surface area contributed by atoms with E-state index < -0.39 is 0 Å². The molecule has 1 heterocycles. The second-order valence-electron chi connectivity index (χ2n) is 6.87. The summed E-state index contributed by atoms with van der Waals surface area (Å²) < 4.78 is 11.2. The van der Waals surface area contributed by atoms with Gasteiger partial charge in [-0.25, -0.2) is 4.99 Å². The summed E-state index contributed by atoms with van der Waals surface area (Å²) in [5.41, 5.74) is 1.72. The van der Waals surface area contributed by atoms with Crippen molar-refractivity contribution in [3.05, 3.63) is 59.0 Å². The maximum Gasteiger partial charge on any atom is 0.266 e. The van der Waals surface area contributed by atoms with E-state index in [0.29, 0.717) is 28.1 Å². The first-order chi connectivity index (χ1) is 14.0. The zero-order valence-corrected chi connectivity index (χ0v) is 18.0. The molecule has 0 spiro atoms. The largest absolute Gasteiger partial charge is 0.493 e. The number of ether oxygens (including phenoxy) is 2. The second-order valence-corrected chi connectivity index (χ2v) is 7.88. The molecule has 0 N–H and O–H groups in total. The molecule has 5 nitrogen and oxygen atoms in total. The van der Waals surface area contributed by atoms with Crippen molar-refractivity contribution in [2.75, 3.05) is 13.7 Å². The van der Waals surface area contributed by atoms with E-state index in [4.69, 9.17) is 9.47 Å². The summed E-state index contributed by atoms with van der Waals surface area (Å²) >= 11 is 1.40. The van der Waals surface area contributed by atoms with Gasteiger partial charge in [0.15, 0.2) is 16.7 Å². The molecule has 0 aromatic heterocycles. The number of hydrogen-bond acceptors (Lipinski definition) is 5. The molecular formula is C23H26N2O3S. The Bertz CT molecular complexity index is 923. The molecule has 29 heavy (non-hydrogen) atoms. The van der Waals surface area contributed by atoms with E-state index in [1.165, 1.54) is 11.8 Å². The van der Waals surface area contributed by atoms with Gasteiger partial charge in [0.25, 0.3) is 5.91 Å². The predicted octanol–water partition coefficient (Wildman–Crippen LogP) is 5.50. The summed E-state index contributed by atoms with van der Waals surface area (Å²) in [7, 11) is 1.61. The van der Waals surface area contributed by atoms with Crippen LogP contribution >= 0.6 is 11.8 Å². The number of carbonyl (C=O) groups excluding carboxylic acids is 1. The molecule has 1 fully saturated rings. The van der Waals surface area contributed by atoms with E-state index in [1.54, 1.807) is 12.0 Å². The molecule has 6 heteroatoms. The molecular weight excluding hydrogens is 384 g/mol. The fourth-order valence-corrected chi connectivity index (χ4v) is 3.93. The van der Waals surface area contributed by atoms with E-state index in [9.17, 15) is 4.79 Å². The van der Waals surface area contributed by atoms with E-state index in [0.717, 1.165) is 17.7 Å². The van der Waals surface area contributed by atoms with E-state index in [-0.39, 0.29) is 12.0 Å². The van der Waals surface area contributed by atoms with E-state index in [2.05, 4.69) is 11.9 Å². The van der Waals surface area contributed by atoms with Crippen molar-refractivity contribution in [1.82, 2.24) is 4.90 Å². The zero-order chi connectivity index (χ0) is 20.8. The van der Waals surface area contributed by atoms with Gasteiger partial charge in [0.1, 0.15) is 0 Å². The van der Waals surface area contributed by atoms with Gasteiger partial charge < -0.3 is 9.47 Å². The molecule has 2 aromatic rings. The smallest absolute Gasteiger partial charge is 0.266 e. The normalized spacial score (nSPS) is 16.9. The fourth-order valence-electron chi connectivity index (χ4n) is 2.90. The quantitative estimate of drug-likeness (QED) is 0.566. The zero-order valence-electron chi connectivity index (χ0n) is 17.2. The average molecular weight is 411 g/mol. The number of para-hydroxylation sites is 1. The molecule has 0 atom stereocenters. The minimum absolute atomic E-state index is 0.0204. The number of carbonyl (C=O) groups is 1. The molecule has 0 aliphatic carbocycles. The van der Waals surface area contributed by atoms with Gasteiger partial charge in [-0.05, 0) is 67.9 Å². The minimum Gasteiger partial charge on any atom is -0.493 e. The first kappa shape index (κ1) is 21.0. The van der Waals surface area contributed by atoms with Crippen molar-refractivity contribution in [3.8, 4) is 11.5 Å². The van der Waals surface area contributed by atoms with Gasteiger partial charge in [-0.2, -0.15) is 0 Å². The Morgan fingerprint density at radius 1 is 1.14 bits per heavy atom. The van der Waals surface area contributed by atoms with Crippen LogP contribution in [0.25, 0.3) is 6.08 Å². The number of amidine groups is 1. The molecule has 1 aliphatic heterocycles. The Hall–Kier alpha value is -2.73. The highest BCUT2D eigenvalue weighted by Gasteiger charge is 2.32. The van der Waals surface area contributed by atoms with Crippen molar-refractivity contribution in [1.29, 1.82) is 0 Å². The molecule has 3 rings (SSSR count). The van der Waals surface area contributed by atoms with Crippen LogP contribution in [0.1, 0.15) is 32.8 Å². The highest BCUT2D eigenvalue weighted by Crippen LogP contribution is 2.36. The first-order valence-electron chi connectivity index (χ1n) is 9.71. The van der Waals surface area contributed by atoms with E-state index in [1.807, 2.05) is 68.5 Å². The van der Waals surface area contributed by atoms with Crippen LogP contribution in [-0.4, -0.2) is 35.7 Å². The Balaban J connectivity index is 1.91. The van der Waals surface area contributed by atoms with Gasteiger partial charge in [-0.3, -0.25) is 9.69 Å². The lowest BCUT2D eigenvalue weighted by molar-refractivity contribution is -0.122. The summed E-state index contributed by atoms with van der Waals surface area (Å²) in [5.74, 6) is 1.31. The maximum absolute atomic E-state index is 13.0. The number of aliphatic imine (C=N–C) groups is 1. The van der Waals surface area contributed by atoms with Crippen LogP contribution in [-0.2, 0) is 4.79 Å². The highest BCUT2D eigenvalue weighted by molar-refractivity contribution is 8.18. The average Bonchev–Trinajstić information content (AvgIpc) is 2.98. The number of thioether (sulfide) groups is 1. The Morgan fingerprint density at radius 2 is 1.90 bits per heavy atom. The maximum atomic E-state index is 13.0. The molecule has 1 amide bonds. The summed E-state index contributed by atoms with van der Waals surface area (Å²) in [6, 6.07) is 15.4. The van der Waals surface area contributed by atoms with Crippen LogP contribution in [0.2, 0.25) is 0 Å². The van der Waals surface area contributed by atoms with Crippen LogP contribution < -0.4 is 9.47 Å². The molecule has 0 unspecified atom stereocenters. The fraction of sp³-hybridized carbons (Fsp3) is 0.304. The number of methoxy groups -OCH3 is 1. The predicted molar refractivity (Wildman–Crippen MR) is 120 cm³/mol. The van der Waals surface area contributed by atoms with Gasteiger partial charge in [-0.1, -0.05) is 31.2 Å². The highest BCUT2D eigenvalue weighted by atomic mass is 32.2. The van der Waals surface area contributed by atoms with Crippen LogP contribution in [0.4, 0.5) is 5.69 Å². The Kier molecular flexibility index (Phi) is 6.99. The monoisotopic (exact) mass is 410 g/mol. The molecule has 152 valence electrons. The van der Waals surface area contributed by atoms with Gasteiger partial charge in [0.05, 0.1) is 23.8 Å². The number of nitrogens with zero attached hydrogens (tertiary/aromatic N) is 2.